The molecule has 5 nitrogen and oxygen atoms in total. The summed E-state index contributed by atoms with van der Waals surface area (Å²) < 4.78 is 13.9. The summed E-state index contributed by atoms with van der Waals surface area (Å²) in [5, 5.41) is 0. The van der Waals surface area contributed by atoms with Gasteiger partial charge in [0.2, 0.25) is 0 Å². The van der Waals surface area contributed by atoms with Gasteiger partial charge in [0.25, 0.3) is 5.91 Å². The lowest BCUT2D eigenvalue weighted by atomic mass is 9.97. The summed E-state index contributed by atoms with van der Waals surface area (Å²) in [7, 11) is 3.24. The normalized spacial score (nSPS) is 11.9. The van der Waals surface area contributed by atoms with E-state index in [1.807, 2.05) is 37.5 Å². The SMILES string of the molecule is CCn1c(=NC(=O)Cc2c(C)cc(C)cc2C)sc2cc(OC)c(OC)cc21. The van der Waals surface area contributed by atoms with Crippen molar-refractivity contribution in [2.75, 3.05) is 14.2 Å². The summed E-state index contributed by atoms with van der Waals surface area (Å²) in [6, 6.07) is 8.09. The van der Waals surface area contributed by atoms with E-state index in [1.165, 1.54) is 16.9 Å². The zero-order valence-electron chi connectivity index (χ0n) is 17.3. The van der Waals surface area contributed by atoms with Crippen molar-refractivity contribution < 1.29 is 14.3 Å². The number of carbonyl (C=O) groups is 1. The van der Waals surface area contributed by atoms with Crippen LogP contribution in [0.1, 0.15) is 29.2 Å². The molecule has 2 aromatic carbocycles. The zero-order valence-corrected chi connectivity index (χ0v) is 18.1. The van der Waals surface area contributed by atoms with Crippen LogP contribution >= 0.6 is 11.3 Å². The Bertz CT molecular complexity index is 1090. The predicted octanol–water partition coefficient (Wildman–Crippen LogP) is 4.34. The van der Waals surface area contributed by atoms with E-state index in [4.69, 9.17) is 9.47 Å². The highest BCUT2D eigenvalue weighted by atomic mass is 32.1. The molecule has 1 amide bonds. The first kappa shape index (κ1) is 20.1. The van der Waals surface area contributed by atoms with Crippen molar-refractivity contribution in [3.63, 3.8) is 0 Å². The van der Waals surface area contributed by atoms with Crippen molar-refractivity contribution in [2.45, 2.75) is 40.7 Å². The number of nitrogens with zero attached hydrogens (tertiary/aromatic N) is 2. The predicted molar refractivity (Wildman–Crippen MR) is 114 cm³/mol. The number of ether oxygens (including phenoxy) is 2. The van der Waals surface area contributed by atoms with Crippen molar-refractivity contribution in [3.05, 3.63) is 51.3 Å². The average molecular weight is 399 g/mol. The second kappa shape index (κ2) is 8.19. The summed E-state index contributed by atoms with van der Waals surface area (Å²) in [6.45, 7) is 8.92. The standard InChI is InChI=1S/C22H26N2O3S/c1-7-24-17-11-18(26-5)19(27-6)12-20(17)28-22(24)23-21(25)10-16-14(3)8-13(2)9-15(16)4/h8-9,11-12H,7,10H2,1-6H3. The number of aromatic nitrogens is 1. The number of hydrogen-bond acceptors (Lipinski definition) is 4. The molecule has 28 heavy (non-hydrogen) atoms. The first-order chi connectivity index (χ1) is 13.4. The van der Waals surface area contributed by atoms with Crippen LogP contribution in [0.15, 0.2) is 29.3 Å². The van der Waals surface area contributed by atoms with Crippen LogP contribution < -0.4 is 14.3 Å². The molecule has 0 spiro atoms. The molecule has 0 aliphatic heterocycles. The third-order valence-corrected chi connectivity index (χ3v) is 5.93. The number of benzene rings is 2. The first-order valence-electron chi connectivity index (χ1n) is 9.27. The minimum absolute atomic E-state index is 0.136. The number of thiazole rings is 1. The van der Waals surface area contributed by atoms with Gasteiger partial charge in [-0.1, -0.05) is 29.0 Å². The quantitative estimate of drug-likeness (QED) is 0.643. The average Bonchev–Trinajstić information content (AvgIpc) is 2.98. The number of hydrogen-bond donors (Lipinski definition) is 0. The summed E-state index contributed by atoms with van der Waals surface area (Å²) in [4.78, 5) is 17.9. The van der Waals surface area contributed by atoms with Crippen molar-refractivity contribution >= 4 is 27.5 Å². The number of rotatable bonds is 5. The molecule has 3 aromatic rings. The maximum absolute atomic E-state index is 12.7. The minimum atomic E-state index is -0.136. The second-order valence-electron chi connectivity index (χ2n) is 6.86. The van der Waals surface area contributed by atoms with Crippen LogP contribution in [0.5, 0.6) is 11.5 Å². The molecule has 1 aromatic heterocycles. The van der Waals surface area contributed by atoms with Crippen LogP contribution in [0.25, 0.3) is 10.2 Å². The lowest BCUT2D eigenvalue weighted by Crippen LogP contribution is -2.17. The maximum Gasteiger partial charge on any atom is 0.252 e. The molecule has 0 N–H and O–H groups in total. The van der Waals surface area contributed by atoms with Crippen LogP contribution in [-0.2, 0) is 17.8 Å². The highest BCUT2D eigenvalue weighted by molar-refractivity contribution is 7.16. The Morgan fingerprint density at radius 2 is 1.64 bits per heavy atom. The summed E-state index contributed by atoms with van der Waals surface area (Å²) in [5.41, 5.74) is 5.52. The van der Waals surface area contributed by atoms with E-state index in [0.717, 1.165) is 26.9 Å². The maximum atomic E-state index is 12.7. The van der Waals surface area contributed by atoms with Gasteiger partial charge in [-0.25, -0.2) is 0 Å². The van der Waals surface area contributed by atoms with Crippen molar-refractivity contribution in [1.82, 2.24) is 4.57 Å². The molecular formula is C22H26N2O3S. The van der Waals surface area contributed by atoms with E-state index in [1.54, 1.807) is 14.2 Å². The number of aryl methyl sites for hydroxylation is 4. The van der Waals surface area contributed by atoms with E-state index in [2.05, 4.69) is 24.0 Å². The smallest absolute Gasteiger partial charge is 0.252 e. The molecule has 0 radical (unpaired) electrons. The number of methoxy groups -OCH3 is 2. The Morgan fingerprint density at radius 3 is 2.21 bits per heavy atom. The van der Waals surface area contributed by atoms with Gasteiger partial charge in [-0.15, -0.1) is 0 Å². The van der Waals surface area contributed by atoms with Crippen LogP contribution in [-0.4, -0.2) is 24.7 Å². The van der Waals surface area contributed by atoms with Crippen molar-refractivity contribution in [3.8, 4) is 11.5 Å². The van der Waals surface area contributed by atoms with E-state index in [9.17, 15) is 4.79 Å². The molecule has 3 rings (SSSR count). The van der Waals surface area contributed by atoms with Gasteiger partial charge < -0.3 is 14.0 Å². The highest BCUT2D eigenvalue weighted by Crippen LogP contribution is 2.33. The van der Waals surface area contributed by atoms with E-state index < -0.39 is 0 Å². The van der Waals surface area contributed by atoms with E-state index in [-0.39, 0.29) is 5.91 Å². The number of fused-ring (bicyclic) bond motifs is 1. The van der Waals surface area contributed by atoms with Gasteiger partial charge in [-0.05, 0) is 44.4 Å². The third kappa shape index (κ3) is 3.83. The molecule has 0 fully saturated rings. The summed E-state index contributed by atoms with van der Waals surface area (Å²) >= 11 is 1.49. The highest BCUT2D eigenvalue weighted by Gasteiger charge is 2.14. The molecule has 0 bridgehead atoms. The van der Waals surface area contributed by atoms with Crippen LogP contribution in [0.3, 0.4) is 0 Å². The van der Waals surface area contributed by atoms with Gasteiger partial charge in [0.1, 0.15) is 0 Å². The summed E-state index contributed by atoms with van der Waals surface area (Å²) in [5.74, 6) is 1.20. The van der Waals surface area contributed by atoms with Gasteiger partial charge in [0, 0.05) is 18.7 Å². The Kier molecular flexibility index (Phi) is 5.89. The van der Waals surface area contributed by atoms with Gasteiger partial charge in [0.05, 0.1) is 30.9 Å². The summed E-state index contributed by atoms with van der Waals surface area (Å²) in [6.07, 6.45) is 0.308. The lowest BCUT2D eigenvalue weighted by molar-refractivity contribution is -0.117. The van der Waals surface area contributed by atoms with Gasteiger partial charge in [-0.2, -0.15) is 4.99 Å². The van der Waals surface area contributed by atoms with Crippen LogP contribution in [0.4, 0.5) is 0 Å². The minimum Gasteiger partial charge on any atom is -0.493 e. The molecular weight excluding hydrogens is 372 g/mol. The van der Waals surface area contributed by atoms with Crippen LogP contribution in [0.2, 0.25) is 0 Å². The Labute approximate surface area is 169 Å². The molecule has 0 atom stereocenters. The first-order valence-corrected chi connectivity index (χ1v) is 10.1. The molecule has 0 saturated heterocycles. The number of carbonyl (C=O) groups excluding carboxylic acids is 1. The fourth-order valence-electron chi connectivity index (χ4n) is 3.57. The Balaban J connectivity index is 2.05. The van der Waals surface area contributed by atoms with Gasteiger partial charge >= 0.3 is 0 Å². The molecule has 0 aliphatic rings. The molecule has 1 heterocycles. The van der Waals surface area contributed by atoms with Crippen molar-refractivity contribution in [1.29, 1.82) is 0 Å². The fraction of sp³-hybridized carbons (Fsp3) is 0.364. The lowest BCUT2D eigenvalue weighted by Gasteiger charge is -2.09. The Morgan fingerprint density at radius 1 is 1.04 bits per heavy atom. The Hall–Kier alpha value is -2.60. The van der Waals surface area contributed by atoms with E-state index in [0.29, 0.717) is 29.3 Å². The molecule has 0 aliphatic carbocycles. The third-order valence-electron chi connectivity index (χ3n) is 4.89. The number of amides is 1. The monoisotopic (exact) mass is 398 g/mol. The molecule has 148 valence electrons. The van der Waals surface area contributed by atoms with Gasteiger partial charge in [0.15, 0.2) is 16.3 Å². The topological polar surface area (TPSA) is 52.8 Å². The fourth-order valence-corrected chi connectivity index (χ4v) is 4.70. The second-order valence-corrected chi connectivity index (χ2v) is 7.87. The zero-order chi connectivity index (χ0) is 20.4. The van der Waals surface area contributed by atoms with Crippen molar-refractivity contribution in [2.24, 2.45) is 4.99 Å². The molecule has 6 heteroatoms. The molecule has 0 unspecified atom stereocenters. The van der Waals surface area contributed by atoms with Gasteiger partial charge in [-0.3, -0.25) is 4.79 Å². The molecule has 0 saturated carbocycles. The van der Waals surface area contributed by atoms with E-state index >= 15 is 0 Å². The van der Waals surface area contributed by atoms with Crippen LogP contribution in [0, 0.1) is 20.8 Å². The largest absolute Gasteiger partial charge is 0.493 e.